The molecule has 0 aliphatic rings. The Morgan fingerprint density at radius 2 is 2.08 bits per heavy atom. The van der Waals surface area contributed by atoms with Gasteiger partial charge in [0.2, 0.25) is 0 Å². The highest BCUT2D eigenvalue weighted by Gasteiger charge is 2.07. The van der Waals surface area contributed by atoms with Gasteiger partial charge in [0.1, 0.15) is 6.10 Å². The number of nitrogens with two attached hydrogens (primary N) is 1. The average Bonchev–Trinajstić information content (AvgIpc) is 2.16. The van der Waals surface area contributed by atoms with Crippen LogP contribution >= 0.6 is 0 Å². The van der Waals surface area contributed by atoms with Crippen LogP contribution in [0, 0.1) is 0 Å². The topological polar surface area (TPSA) is 35.2 Å². The Morgan fingerprint density at radius 1 is 1.42 bits per heavy atom. The molecule has 0 aromatic heterocycles. The van der Waals surface area contributed by atoms with Crippen LogP contribution < -0.4 is 5.90 Å². The van der Waals surface area contributed by atoms with Crippen LogP contribution in [0.25, 0.3) is 0 Å². The number of aryl methyl sites for hydroxylation is 1. The smallest absolute Gasteiger partial charge is 0.101 e. The Bertz CT molecular complexity index is 247. The third kappa shape index (κ3) is 1.84. The van der Waals surface area contributed by atoms with Crippen molar-refractivity contribution in [3.8, 4) is 0 Å². The average molecular weight is 165 g/mol. The van der Waals surface area contributed by atoms with Gasteiger partial charge >= 0.3 is 0 Å². The lowest BCUT2D eigenvalue weighted by Gasteiger charge is -2.12. The molecule has 1 unspecified atom stereocenters. The summed E-state index contributed by atoms with van der Waals surface area (Å²) in [6.07, 6.45) is 1.00. The summed E-state index contributed by atoms with van der Waals surface area (Å²) in [5, 5.41) is 0. The van der Waals surface area contributed by atoms with Gasteiger partial charge in [-0.05, 0) is 24.5 Å². The van der Waals surface area contributed by atoms with Gasteiger partial charge in [0.15, 0.2) is 0 Å². The molecule has 0 saturated carbocycles. The maximum Gasteiger partial charge on any atom is 0.101 e. The van der Waals surface area contributed by atoms with Crippen LogP contribution in [-0.2, 0) is 11.3 Å². The monoisotopic (exact) mass is 165 g/mol. The molecule has 0 radical (unpaired) electrons. The molecule has 12 heavy (non-hydrogen) atoms. The van der Waals surface area contributed by atoms with E-state index in [2.05, 4.69) is 19.1 Å². The molecule has 0 spiro atoms. The number of hydrogen-bond donors (Lipinski definition) is 1. The molecule has 0 fully saturated rings. The Kier molecular flexibility index (Phi) is 3.26. The van der Waals surface area contributed by atoms with Crippen molar-refractivity contribution in [3.63, 3.8) is 0 Å². The zero-order valence-electron chi connectivity index (χ0n) is 7.58. The van der Waals surface area contributed by atoms with Crippen LogP contribution in [0.3, 0.4) is 0 Å². The van der Waals surface area contributed by atoms with Gasteiger partial charge < -0.3 is 0 Å². The van der Waals surface area contributed by atoms with Crippen LogP contribution in [-0.4, -0.2) is 0 Å². The minimum absolute atomic E-state index is 0.0128. The first-order valence-corrected chi connectivity index (χ1v) is 4.23. The van der Waals surface area contributed by atoms with E-state index in [-0.39, 0.29) is 6.10 Å². The third-order valence-corrected chi connectivity index (χ3v) is 2.08. The van der Waals surface area contributed by atoms with Crippen molar-refractivity contribution in [2.75, 3.05) is 0 Å². The van der Waals surface area contributed by atoms with Crippen molar-refractivity contribution in [3.05, 3.63) is 35.4 Å². The molecule has 0 aliphatic carbocycles. The second-order valence-corrected chi connectivity index (χ2v) is 2.83. The van der Waals surface area contributed by atoms with Crippen LogP contribution in [0.2, 0.25) is 0 Å². The molecule has 1 aromatic rings. The van der Waals surface area contributed by atoms with E-state index in [1.54, 1.807) is 0 Å². The fraction of sp³-hybridized carbons (Fsp3) is 0.400. The maximum absolute atomic E-state index is 5.13. The first-order valence-electron chi connectivity index (χ1n) is 4.23. The summed E-state index contributed by atoms with van der Waals surface area (Å²) < 4.78 is 0. The summed E-state index contributed by atoms with van der Waals surface area (Å²) in [4.78, 5) is 4.78. The predicted octanol–water partition coefficient (Wildman–Crippen LogP) is 2.20. The van der Waals surface area contributed by atoms with Gasteiger partial charge in [-0.1, -0.05) is 31.2 Å². The zero-order valence-corrected chi connectivity index (χ0v) is 7.58. The molecule has 0 amide bonds. The van der Waals surface area contributed by atoms with Gasteiger partial charge in [-0.2, -0.15) is 0 Å². The van der Waals surface area contributed by atoms with Gasteiger partial charge in [-0.25, -0.2) is 5.90 Å². The molecule has 0 heterocycles. The highest BCUT2D eigenvalue weighted by atomic mass is 16.6. The summed E-state index contributed by atoms with van der Waals surface area (Å²) in [5.41, 5.74) is 2.48. The van der Waals surface area contributed by atoms with Crippen LogP contribution in [0.1, 0.15) is 31.1 Å². The molecule has 2 nitrogen and oxygen atoms in total. The molecular weight excluding hydrogens is 150 g/mol. The molecule has 0 saturated heterocycles. The first-order chi connectivity index (χ1) is 5.79. The highest BCUT2D eigenvalue weighted by molar-refractivity contribution is 5.28. The van der Waals surface area contributed by atoms with Gasteiger partial charge in [-0.15, -0.1) is 0 Å². The minimum atomic E-state index is -0.0128. The van der Waals surface area contributed by atoms with Gasteiger partial charge in [-0.3, -0.25) is 4.84 Å². The third-order valence-electron chi connectivity index (χ3n) is 2.08. The second-order valence-electron chi connectivity index (χ2n) is 2.83. The minimum Gasteiger partial charge on any atom is -0.297 e. The van der Waals surface area contributed by atoms with E-state index in [1.165, 1.54) is 11.1 Å². The lowest BCUT2D eigenvalue weighted by atomic mass is 10.0. The molecule has 0 aliphatic heterocycles. The number of rotatable bonds is 3. The zero-order chi connectivity index (χ0) is 8.97. The molecular formula is C10H15NO. The number of benzene rings is 1. The standard InChI is InChI=1S/C10H15NO/c1-3-9-6-4-5-7-10(9)8(2)12-11/h4-8H,3,11H2,1-2H3. The van der Waals surface area contributed by atoms with Crippen LogP contribution in [0.4, 0.5) is 0 Å². The largest absolute Gasteiger partial charge is 0.297 e. The van der Waals surface area contributed by atoms with E-state index < -0.39 is 0 Å². The highest BCUT2D eigenvalue weighted by Crippen LogP contribution is 2.19. The quantitative estimate of drug-likeness (QED) is 0.697. The van der Waals surface area contributed by atoms with Crippen molar-refractivity contribution in [2.24, 2.45) is 5.90 Å². The lowest BCUT2D eigenvalue weighted by molar-refractivity contribution is 0.0658. The van der Waals surface area contributed by atoms with E-state index in [4.69, 9.17) is 10.7 Å². The fourth-order valence-electron chi connectivity index (χ4n) is 1.33. The van der Waals surface area contributed by atoms with Gasteiger partial charge in [0.25, 0.3) is 0 Å². The predicted molar refractivity (Wildman–Crippen MR) is 49.5 cm³/mol. The summed E-state index contributed by atoms with van der Waals surface area (Å²) >= 11 is 0. The van der Waals surface area contributed by atoms with Crippen molar-refractivity contribution in [1.82, 2.24) is 0 Å². The molecule has 1 rings (SSSR count). The molecule has 1 aromatic carbocycles. The maximum atomic E-state index is 5.13. The van der Waals surface area contributed by atoms with Crippen molar-refractivity contribution < 1.29 is 4.84 Å². The molecule has 1 atom stereocenters. The first kappa shape index (κ1) is 9.23. The van der Waals surface area contributed by atoms with E-state index in [0.717, 1.165) is 6.42 Å². The van der Waals surface area contributed by atoms with Gasteiger partial charge in [0, 0.05) is 0 Å². The van der Waals surface area contributed by atoms with E-state index in [0.29, 0.717) is 0 Å². The summed E-state index contributed by atoms with van der Waals surface area (Å²) in [7, 11) is 0. The lowest BCUT2D eigenvalue weighted by Crippen LogP contribution is -2.07. The van der Waals surface area contributed by atoms with Crippen molar-refractivity contribution >= 4 is 0 Å². The van der Waals surface area contributed by atoms with E-state index in [9.17, 15) is 0 Å². The second kappa shape index (κ2) is 4.24. The van der Waals surface area contributed by atoms with Crippen molar-refractivity contribution in [2.45, 2.75) is 26.4 Å². The Morgan fingerprint density at radius 3 is 2.67 bits per heavy atom. The molecule has 2 heteroatoms. The van der Waals surface area contributed by atoms with Crippen molar-refractivity contribution in [1.29, 1.82) is 0 Å². The van der Waals surface area contributed by atoms with E-state index in [1.807, 2.05) is 19.1 Å². The molecule has 2 N–H and O–H groups in total. The molecule has 0 bridgehead atoms. The Balaban J connectivity index is 2.96. The Hall–Kier alpha value is -0.860. The number of hydrogen-bond acceptors (Lipinski definition) is 2. The SMILES string of the molecule is CCc1ccccc1C(C)ON. The summed E-state index contributed by atoms with van der Waals surface area (Å²) in [5.74, 6) is 5.13. The summed E-state index contributed by atoms with van der Waals surface area (Å²) in [6, 6.07) is 8.19. The normalized spacial score (nSPS) is 12.9. The van der Waals surface area contributed by atoms with Crippen LogP contribution in [0.5, 0.6) is 0 Å². The van der Waals surface area contributed by atoms with E-state index >= 15 is 0 Å². The van der Waals surface area contributed by atoms with Gasteiger partial charge in [0.05, 0.1) is 0 Å². The van der Waals surface area contributed by atoms with Crippen LogP contribution in [0.15, 0.2) is 24.3 Å². The Labute approximate surface area is 73.3 Å². The fourth-order valence-corrected chi connectivity index (χ4v) is 1.33. The summed E-state index contributed by atoms with van der Waals surface area (Å²) in [6.45, 7) is 4.08. The molecule has 66 valence electrons.